The fourth-order valence-electron chi connectivity index (χ4n) is 3.04. The van der Waals surface area contributed by atoms with Gasteiger partial charge in [-0.15, -0.1) is 0 Å². The third-order valence-electron chi connectivity index (χ3n) is 4.61. The van der Waals surface area contributed by atoms with Crippen molar-refractivity contribution in [1.82, 2.24) is 9.29 Å². The van der Waals surface area contributed by atoms with E-state index in [1.807, 2.05) is 0 Å². The molecule has 15 heteroatoms. The first-order valence-electron chi connectivity index (χ1n) is 8.60. The molecule has 0 bridgehead atoms. The van der Waals surface area contributed by atoms with Crippen molar-refractivity contribution in [3.8, 4) is 0 Å². The summed E-state index contributed by atoms with van der Waals surface area (Å²) in [6.45, 7) is -0.0780. The van der Waals surface area contributed by atoms with Gasteiger partial charge in [0.1, 0.15) is 10.6 Å². The zero-order valence-electron chi connectivity index (χ0n) is 15.6. The monoisotopic (exact) mass is 480 g/mol. The largest absolute Gasteiger partial charge is 0.501 e. The van der Waals surface area contributed by atoms with Crippen molar-refractivity contribution in [1.29, 1.82) is 0 Å². The molecule has 168 valence electrons. The maximum Gasteiger partial charge on any atom is 0.501 e. The van der Waals surface area contributed by atoms with Gasteiger partial charge in [0.05, 0.1) is 9.82 Å². The fraction of sp³-hybridized carbons (Fsp3) is 0.312. The van der Waals surface area contributed by atoms with Crippen molar-refractivity contribution in [3.05, 3.63) is 52.8 Å². The molecule has 1 aromatic carbocycles. The first kappa shape index (κ1) is 22.9. The Kier molecular flexibility index (Phi) is 5.94. The average Bonchev–Trinajstić information content (AvgIpc) is 2.73. The molecule has 0 unspecified atom stereocenters. The molecule has 3 rings (SSSR count). The maximum atomic E-state index is 12.8. The van der Waals surface area contributed by atoms with Crippen LogP contribution >= 0.6 is 0 Å². The molecule has 2 heterocycles. The summed E-state index contributed by atoms with van der Waals surface area (Å²) in [4.78, 5) is 14.3. The third kappa shape index (κ3) is 4.33. The lowest BCUT2D eigenvalue weighted by Crippen LogP contribution is -2.48. The number of alkyl halides is 3. The van der Waals surface area contributed by atoms with Gasteiger partial charge in [0.15, 0.2) is 0 Å². The van der Waals surface area contributed by atoms with Gasteiger partial charge in [-0.25, -0.2) is 16.8 Å². The van der Waals surface area contributed by atoms with E-state index in [0.29, 0.717) is 12.1 Å². The van der Waals surface area contributed by atoms with E-state index in [1.54, 1.807) is 0 Å². The summed E-state index contributed by atoms with van der Waals surface area (Å²) in [6.07, 6.45) is 2.60. The predicted octanol–water partition coefficient (Wildman–Crippen LogP) is 1.79. The Morgan fingerprint density at radius 1 is 1.00 bits per heavy atom. The molecular weight excluding hydrogens is 465 g/mol. The Hall–Kier alpha value is -2.78. The van der Waals surface area contributed by atoms with Gasteiger partial charge in [-0.2, -0.15) is 17.5 Å². The molecule has 0 N–H and O–H groups in total. The number of sulfone groups is 1. The van der Waals surface area contributed by atoms with Crippen LogP contribution in [0.2, 0.25) is 0 Å². The van der Waals surface area contributed by atoms with Gasteiger partial charge in [-0.05, 0) is 24.3 Å². The summed E-state index contributed by atoms with van der Waals surface area (Å²) in [6, 6.07) is 4.76. The third-order valence-corrected chi connectivity index (χ3v) is 7.98. The molecule has 1 aliphatic rings. The number of anilines is 1. The first-order valence-corrected chi connectivity index (χ1v) is 11.5. The number of halogens is 3. The van der Waals surface area contributed by atoms with Crippen LogP contribution in [0, 0.1) is 10.1 Å². The molecule has 0 aliphatic carbocycles. The number of sulfonamides is 1. The number of hydrogen-bond acceptors (Lipinski definition) is 8. The normalized spacial score (nSPS) is 16.3. The highest BCUT2D eigenvalue weighted by Gasteiger charge is 2.47. The van der Waals surface area contributed by atoms with Gasteiger partial charge in [0.25, 0.3) is 15.5 Å². The highest BCUT2D eigenvalue weighted by molar-refractivity contribution is 7.92. The van der Waals surface area contributed by atoms with Crippen molar-refractivity contribution >= 4 is 31.2 Å². The molecule has 0 saturated carbocycles. The number of nitro benzene ring substituents is 1. The minimum atomic E-state index is -5.76. The number of rotatable bonds is 5. The van der Waals surface area contributed by atoms with Gasteiger partial charge in [0.2, 0.25) is 10.0 Å². The second kappa shape index (κ2) is 8.05. The van der Waals surface area contributed by atoms with Crippen molar-refractivity contribution in [2.45, 2.75) is 15.3 Å². The molecule has 0 atom stereocenters. The lowest BCUT2D eigenvalue weighted by atomic mass is 10.2. The summed E-state index contributed by atoms with van der Waals surface area (Å²) < 4.78 is 87.9. The zero-order valence-corrected chi connectivity index (χ0v) is 17.2. The number of nitro groups is 1. The van der Waals surface area contributed by atoms with Gasteiger partial charge in [0, 0.05) is 44.6 Å². The van der Waals surface area contributed by atoms with Gasteiger partial charge in [-0.3, -0.25) is 15.1 Å². The number of pyridine rings is 1. The van der Waals surface area contributed by atoms with Crippen LogP contribution in [0.3, 0.4) is 0 Å². The van der Waals surface area contributed by atoms with E-state index in [4.69, 9.17) is 0 Å². The van der Waals surface area contributed by atoms with E-state index in [-0.39, 0.29) is 36.8 Å². The number of benzene rings is 1. The van der Waals surface area contributed by atoms with Gasteiger partial charge < -0.3 is 4.90 Å². The first-order chi connectivity index (χ1) is 14.4. The SMILES string of the molecule is O=[N+]([O-])c1cc(S(=O)(=O)C(F)(F)F)ccc1N1CCN(S(=O)(=O)c2cccnc2)CC1. The summed E-state index contributed by atoms with van der Waals surface area (Å²) >= 11 is 0. The van der Waals surface area contributed by atoms with Crippen molar-refractivity contribution < 1.29 is 34.9 Å². The Morgan fingerprint density at radius 2 is 1.65 bits per heavy atom. The Labute approximate surface area is 175 Å². The Bertz CT molecular complexity index is 1200. The van der Waals surface area contributed by atoms with Crippen LogP contribution in [-0.4, -0.2) is 62.7 Å². The zero-order chi connectivity index (χ0) is 23.0. The molecule has 2 aromatic rings. The van der Waals surface area contributed by atoms with Gasteiger partial charge in [-0.1, -0.05) is 0 Å². The lowest BCUT2D eigenvalue weighted by molar-refractivity contribution is -0.384. The van der Waals surface area contributed by atoms with Crippen molar-refractivity contribution in [2.24, 2.45) is 0 Å². The summed E-state index contributed by atoms with van der Waals surface area (Å²) in [5, 5.41) is 11.4. The smallest absolute Gasteiger partial charge is 0.363 e. The van der Waals surface area contributed by atoms with Gasteiger partial charge >= 0.3 is 5.51 Å². The molecule has 1 aliphatic heterocycles. The van der Waals surface area contributed by atoms with Crippen LogP contribution in [0.4, 0.5) is 24.5 Å². The molecule has 1 aromatic heterocycles. The van der Waals surface area contributed by atoms with Crippen molar-refractivity contribution in [2.75, 3.05) is 31.1 Å². The minimum Gasteiger partial charge on any atom is -0.363 e. The summed E-state index contributed by atoms with van der Waals surface area (Å²) in [7, 11) is -9.59. The molecule has 1 saturated heterocycles. The van der Waals surface area contributed by atoms with E-state index in [1.165, 1.54) is 29.4 Å². The number of nitrogens with zero attached hydrogens (tertiary/aromatic N) is 4. The summed E-state index contributed by atoms with van der Waals surface area (Å²) in [5.74, 6) is 0. The quantitative estimate of drug-likeness (QED) is 0.468. The number of aromatic nitrogens is 1. The second-order valence-corrected chi connectivity index (χ2v) is 10.3. The minimum absolute atomic E-state index is 0.00565. The van der Waals surface area contributed by atoms with E-state index in [2.05, 4.69) is 4.98 Å². The second-order valence-electron chi connectivity index (χ2n) is 6.44. The molecular formula is C16H15F3N4O6S2. The highest BCUT2D eigenvalue weighted by Crippen LogP contribution is 2.36. The maximum absolute atomic E-state index is 12.8. The molecule has 31 heavy (non-hydrogen) atoms. The number of piperazine rings is 1. The van der Waals surface area contributed by atoms with E-state index in [9.17, 15) is 40.1 Å². The lowest BCUT2D eigenvalue weighted by Gasteiger charge is -2.35. The van der Waals surface area contributed by atoms with Crippen LogP contribution in [-0.2, 0) is 19.9 Å². The predicted molar refractivity (Wildman–Crippen MR) is 102 cm³/mol. The van der Waals surface area contributed by atoms with Crippen LogP contribution in [0.25, 0.3) is 0 Å². The van der Waals surface area contributed by atoms with E-state index < -0.39 is 40.9 Å². The van der Waals surface area contributed by atoms with E-state index >= 15 is 0 Å². The van der Waals surface area contributed by atoms with E-state index in [0.717, 1.165) is 10.4 Å². The standard InChI is InChI=1S/C16H15F3N4O6S2/c17-16(18,19)30(26,27)12-3-4-14(15(10-12)23(24)25)21-6-8-22(9-7-21)31(28,29)13-2-1-5-20-11-13/h1-5,10-11H,6-9H2. The molecule has 1 fully saturated rings. The van der Waals surface area contributed by atoms with Crippen LogP contribution in [0.1, 0.15) is 0 Å². The molecule has 10 nitrogen and oxygen atoms in total. The Balaban J connectivity index is 1.86. The van der Waals surface area contributed by atoms with Crippen LogP contribution < -0.4 is 4.90 Å². The van der Waals surface area contributed by atoms with Crippen LogP contribution in [0.15, 0.2) is 52.5 Å². The molecule has 0 spiro atoms. The average molecular weight is 480 g/mol. The van der Waals surface area contributed by atoms with Crippen molar-refractivity contribution in [3.63, 3.8) is 0 Å². The number of hydrogen-bond donors (Lipinski definition) is 0. The van der Waals surface area contributed by atoms with Crippen LogP contribution in [0.5, 0.6) is 0 Å². The molecule has 0 amide bonds. The summed E-state index contributed by atoms with van der Waals surface area (Å²) in [5.41, 5.74) is -6.53. The fourth-order valence-corrected chi connectivity index (χ4v) is 5.20. The topological polar surface area (TPSA) is 131 Å². The molecule has 0 radical (unpaired) electrons. The highest BCUT2D eigenvalue weighted by atomic mass is 32.2. The Morgan fingerprint density at radius 3 is 2.16 bits per heavy atom.